The smallest absolute Gasteiger partial charge is 0.387 e. The molecule has 0 saturated heterocycles. The van der Waals surface area contributed by atoms with E-state index in [1.165, 1.54) is 24.4 Å². The van der Waals surface area contributed by atoms with Crippen LogP contribution in [0.25, 0.3) is 0 Å². The van der Waals surface area contributed by atoms with E-state index in [2.05, 4.69) is 20.4 Å². The van der Waals surface area contributed by atoms with E-state index in [-0.39, 0.29) is 29.6 Å². The Morgan fingerprint density at radius 2 is 1.97 bits per heavy atom. The van der Waals surface area contributed by atoms with Gasteiger partial charge in [0.25, 0.3) is 0 Å². The van der Waals surface area contributed by atoms with E-state index >= 15 is 0 Å². The van der Waals surface area contributed by atoms with Gasteiger partial charge in [0, 0.05) is 43.1 Å². The standard InChI is InChI=1S/C17H17F2N3O2.C7H17NO2/c1-10(2)22-14-6-11(9-23)8-21-16(14)15(20)12-4-3-5-13(7-12)24-17(18)19;1-6(9)7(8-2)4-5-10-3/h3-10,17,20,22H,1-2H3;6-9H,4-5H2,1-3H3/t;6-,7?/m.1/s1. The number of benzene rings is 1. The van der Waals surface area contributed by atoms with Crippen LogP contribution >= 0.6 is 0 Å². The number of aromatic nitrogens is 1. The monoisotopic (exact) mass is 480 g/mol. The molecular weight excluding hydrogens is 446 g/mol. The van der Waals surface area contributed by atoms with Crippen molar-refractivity contribution in [2.45, 2.75) is 52.0 Å². The fourth-order valence-electron chi connectivity index (χ4n) is 3.00. The van der Waals surface area contributed by atoms with Crippen LogP contribution < -0.4 is 15.4 Å². The van der Waals surface area contributed by atoms with Crippen LogP contribution in [0.4, 0.5) is 14.5 Å². The lowest BCUT2D eigenvalue weighted by Crippen LogP contribution is -2.36. The molecule has 0 saturated carbocycles. The first kappa shape index (κ1) is 29.1. The molecule has 1 aromatic heterocycles. The van der Waals surface area contributed by atoms with Gasteiger partial charge in [0.2, 0.25) is 0 Å². The molecule has 0 aliphatic carbocycles. The number of alkyl halides is 2. The highest BCUT2D eigenvalue weighted by Crippen LogP contribution is 2.22. The van der Waals surface area contributed by atoms with Gasteiger partial charge in [-0.15, -0.1) is 0 Å². The molecule has 0 amide bonds. The third-order valence-corrected chi connectivity index (χ3v) is 4.66. The largest absolute Gasteiger partial charge is 0.435 e. The minimum Gasteiger partial charge on any atom is -0.435 e. The molecule has 8 nitrogen and oxygen atoms in total. The second-order valence-electron chi connectivity index (χ2n) is 7.78. The van der Waals surface area contributed by atoms with Gasteiger partial charge < -0.3 is 25.2 Å². The van der Waals surface area contributed by atoms with Gasteiger partial charge in [0.1, 0.15) is 11.4 Å². The summed E-state index contributed by atoms with van der Waals surface area (Å²) in [6.07, 6.45) is 2.58. The summed E-state index contributed by atoms with van der Waals surface area (Å²) < 4.78 is 33.9. The van der Waals surface area contributed by atoms with Gasteiger partial charge >= 0.3 is 6.61 Å². The lowest BCUT2D eigenvalue weighted by molar-refractivity contribution is -0.0498. The van der Waals surface area contributed by atoms with Crippen LogP contribution in [0.2, 0.25) is 0 Å². The first-order valence-electron chi connectivity index (χ1n) is 10.8. The molecule has 1 heterocycles. The molecular formula is C24H34F2N4O4. The first-order chi connectivity index (χ1) is 16.1. The molecule has 2 aromatic rings. The summed E-state index contributed by atoms with van der Waals surface area (Å²) in [6.45, 7) is 3.36. The molecule has 0 aliphatic heterocycles. The predicted molar refractivity (Wildman–Crippen MR) is 128 cm³/mol. The number of methoxy groups -OCH3 is 1. The summed E-state index contributed by atoms with van der Waals surface area (Å²) in [4.78, 5) is 15.1. The maximum Gasteiger partial charge on any atom is 0.387 e. The van der Waals surface area contributed by atoms with Gasteiger partial charge in [-0.2, -0.15) is 8.78 Å². The lowest BCUT2D eigenvalue weighted by atomic mass is 10.0. The number of hydrogen-bond acceptors (Lipinski definition) is 8. The van der Waals surface area contributed by atoms with Crippen LogP contribution in [0, 0.1) is 5.41 Å². The molecule has 0 bridgehead atoms. The Morgan fingerprint density at radius 3 is 2.50 bits per heavy atom. The number of pyridine rings is 1. The highest BCUT2D eigenvalue weighted by molar-refractivity contribution is 6.13. The highest BCUT2D eigenvalue weighted by Gasteiger charge is 2.15. The minimum atomic E-state index is -2.93. The van der Waals surface area contributed by atoms with Crippen molar-refractivity contribution in [1.82, 2.24) is 10.3 Å². The maximum atomic E-state index is 12.3. The number of hydrogen-bond donors (Lipinski definition) is 4. The zero-order valence-electron chi connectivity index (χ0n) is 20.1. The topological polar surface area (TPSA) is 117 Å². The Morgan fingerprint density at radius 1 is 1.26 bits per heavy atom. The molecule has 0 radical (unpaired) electrons. The number of nitrogens with zero attached hydrogens (tertiary/aromatic N) is 1. The van der Waals surface area contributed by atoms with Crippen molar-refractivity contribution in [1.29, 1.82) is 5.41 Å². The van der Waals surface area contributed by atoms with Crippen molar-refractivity contribution < 1.29 is 28.2 Å². The second-order valence-corrected chi connectivity index (χ2v) is 7.78. The SMILES string of the molecule is CC(C)Nc1cc(C=O)cnc1C(=N)c1cccc(OC(F)F)c1.CNC(CCOC)[C@@H](C)O. The molecule has 0 fully saturated rings. The normalized spacial score (nSPS) is 12.5. The minimum absolute atomic E-state index is 0.0323. The number of carbonyl (C=O) groups excluding carboxylic acids is 1. The summed E-state index contributed by atoms with van der Waals surface area (Å²) in [7, 11) is 3.50. The Hall–Kier alpha value is -2.95. The number of aliphatic hydroxyl groups excluding tert-OH is 1. The third-order valence-electron chi connectivity index (χ3n) is 4.66. The van der Waals surface area contributed by atoms with E-state index in [1.54, 1.807) is 26.2 Å². The van der Waals surface area contributed by atoms with Gasteiger partial charge in [-0.3, -0.25) is 15.2 Å². The fraction of sp³-hybridized carbons (Fsp3) is 0.458. The van der Waals surface area contributed by atoms with E-state index in [1.807, 2.05) is 20.9 Å². The van der Waals surface area contributed by atoms with Crippen LogP contribution in [0.5, 0.6) is 5.75 Å². The van der Waals surface area contributed by atoms with Crippen molar-refractivity contribution in [3.8, 4) is 5.75 Å². The molecule has 2 atom stereocenters. The number of aldehydes is 1. The number of nitrogens with one attached hydrogen (secondary N) is 3. The van der Waals surface area contributed by atoms with Crippen molar-refractivity contribution in [3.05, 3.63) is 53.3 Å². The van der Waals surface area contributed by atoms with E-state index in [0.29, 0.717) is 35.4 Å². The van der Waals surface area contributed by atoms with Crippen LogP contribution in [0.15, 0.2) is 36.5 Å². The second kappa shape index (κ2) is 15.0. The number of anilines is 1. The zero-order valence-corrected chi connectivity index (χ0v) is 20.1. The Labute approximate surface area is 199 Å². The summed E-state index contributed by atoms with van der Waals surface area (Å²) in [5.41, 5.74) is 1.65. The van der Waals surface area contributed by atoms with Crippen molar-refractivity contribution in [3.63, 3.8) is 0 Å². The molecule has 0 aliphatic rings. The molecule has 0 spiro atoms. The molecule has 10 heteroatoms. The molecule has 1 aromatic carbocycles. The molecule has 1 unspecified atom stereocenters. The summed E-state index contributed by atoms with van der Waals surface area (Å²) in [5, 5.41) is 23.6. The molecule has 188 valence electrons. The van der Waals surface area contributed by atoms with Gasteiger partial charge in [0.05, 0.1) is 17.5 Å². The van der Waals surface area contributed by atoms with Gasteiger partial charge in [-0.25, -0.2) is 0 Å². The van der Waals surface area contributed by atoms with Crippen LogP contribution in [-0.2, 0) is 4.74 Å². The van der Waals surface area contributed by atoms with Crippen molar-refractivity contribution in [2.24, 2.45) is 0 Å². The van der Waals surface area contributed by atoms with Crippen molar-refractivity contribution in [2.75, 3.05) is 26.1 Å². The first-order valence-corrected chi connectivity index (χ1v) is 10.8. The van der Waals surface area contributed by atoms with Crippen LogP contribution in [0.3, 0.4) is 0 Å². The van der Waals surface area contributed by atoms with Gasteiger partial charge in [0.15, 0.2) is 6.29 Å². The average molecular weight is 481 g/mol. The Bertz CT molecular complexity index is 910. The lowest BCUT2D eigenvalue weighted by Gasteiger charge is -2.17. The summed E-state index contributed by atoms with van der Waals surface area (Å²) >= 11 is 0. The number of likely N-dealkylation sites (N-methyl/N-ethyl adjacent to an activating group) is 1. The average Bonchev–Trinajstić information content (AvgIpc) is 2.78. The number of rotatable bonds is 12. The van der Waals surface area contributed by atoms with E-state index in [4.69, 9.17) is 15.3 Å². The maximum absolute atomic E-state index is 12.3. The van der Waals surface area contributed by atoms with E-state index in [9.17, 15) is 13.6 Å². The fourth-order valence-corrected chi connectivity index (χ4v) is 3.00. The highest BCUT2D eigenvalue weighted by atomic mass is 19.3. The number of ether oxygens (including phenoxy) is 2. The number of aliphatic hydroxyl groups is 1. The molecule has 4 N–H and O–H groups in total. The predicted octanol–water partition coefficient (Wildman–Crippen LogP) is 3.72. The van der Waals surface area contributed by atoms with Gasteiger partial charge in [-0.1, -0.05) is 12.1 Å². The van der Waals surface area contributed by atoms with E-state index in [0.717, 1.165) is 6.42 Å². The summed E-state index contributed by atoms with van der Waals surface area (Å²) in [6, 6.07) is 7.69. The van der Waals surface area contributed by atoms with Gasteiger partial charge in [-0.05, 0) is 52.4 Å². The summed E-state index contributed by atoms with van der Waals surface area (Å²) in [5.74, 6) is -0.0323. The van der Waals surface area contributed by atoms with E-state index < -0.39 is 6.61 Å². The molecule has 2 rings (SSSR count). The zero-order chi connectivity index (χ0) is 25.7. The van der Waals surface area contributed by atoms with Crippen molar-refractivity contribution >= 4 is 17.7 Å². The molecule has 34 heavy (non-hydrogen) atoms. The Balaban J connectivity index is 0.000000489. The number of halogens is 2. The Kier molecular flexibility index (Phi) is 12.9. The number of carbonyl (C=O) groups is 1. The third kappa shape index (κ3) is 9.90. The quantitative estimate of drug-likeness (QED) is 0.270. The van der Waals surface area contributed by atoms with Crippen LogP contribution in [-0.4, -0.2) is 67.7 Å². The van der Waals surface area contributed by atoms with Crippen LogP contribution in [0.1, 0.15) is 48.8 Å².